The minimum atomic E-state index is -0.901. The summed E-state index contributed by atoms with van der Waals surface area (Å²) in [6, 6.07) is 16.6. The van der Waals surface area contributed by atoms with Gasteiger partial charge in [-0.1, -0.05) is 42.5 Å². The average Bonchev–Trinajstić information content (AvgIpc) is 2.46. The van der Waals surface area contributed by atoms with Gasteiger partial charge in [0.15, 0.2) is 0 Å². The highest BCUT2D eigenvalue weighted by molar-refractivity contribution is 5.67. The van der Waals surface area contributed by atoms with Crippen LogP contribution in [0.1, 0.15) is 23.6 Å². The van der Waals surface area contributed by atoms with Gasteiger partial charge in [0.1, 0.15) is 12.4 Å². The number of aliphatic carboxylic acids is 1. The van der Waals surface area contributed by atoms with E-state index in [9.17, 15) is 4.79 Å². The Morgan fingerprint density at radius 3 is 2.35 bits per heavy atom. The highest BCUT2D eigenvalue weighted by atomic mass is 16.5. The van der Waals surface area contributed by atoms with Crippen LogP contribution in [0.3, 0.4) is 0 Å². The molecule has 0 heterocycles. The Labute approximate surface area is 117 Å². The molecule has 3 N–H and O–H groups in total. The Bertz CT molecular complexity index is 552. The van der Waals surface area contributed by atoms with Crippen LogP contribution in [0.15, 0.2) is 54.6 Å². The molecule has 2 aromatic rings. The number of benzene rings is 2. The summed E-state index contributed by atoms with van der Waals surface area (Å²) in [6.45, 7) is 0.501. The molecular formula is C16H17NO3. The molecule has 0 aliphatic heterocycles. The topological polar surface area (TPSA) is 72.6 Å². The molecule has 4 heteroatoms. The number of carboxylic acids is 1. The third kappa shape index (κ3) is 4.10. The van der Waals surface area contributed by atoms with Crippen LogP contribution in [-0.2, 0) is 11.4 Å². The van der Waals surface area contributed by atoms with Crippen LogP contribution >= 0.6 is 0 Å². The number of carboxylic acid groups (broad SMARTS) is 1. The van der Waals surface area contributed by atoms with Crippen LogP contribution in [0.5, 0.6) is 5.75 Å². The summed E-state index contributed by atoms with van der Waals surface area (Å²) >= 11 is 0. The number of ether oxygens (including phenoxy) is 1. The van der Waals surface area contributed by atoms with Crippen molar-refractivity contribution >= 4 is 5.97 Å². The predicted octanol–water partition coefficient (Wildman–Crippen LogP) is 2.74. The van der Waals surface area contributed by atoms with Crippen molar-refractivity contribution in [1.82, 2.24) is 0 Å². The molecule has 0 aliphatic carbocycles. The summed E-state index contributed by atoms with van der Waals surface area (Å²) in [5.41, 5.74) is 7.68. The van der Waals surface area contributed by atoms with Gasteiger partial charge in [0, 0.05) is 6.04 Å². The Balaban J connectivity index is 1.93. The third-order valence-corrected chi connectivity index (χ3v) is 2.95. The molecular weight excluding hydrogens is 254 g/mol. The fraction of sp³-hybridized carbons (Fsp3) is 0.188. The van der Waals surface area contributed by atoms with Gasteiger partial charge in [0.05, 0.1) is 6.42 Å². The van der Waals surface area contributed by atoms with Crippen molar-refractivity contribution in [2.24, 2.45) is 5.73 Å². The zero-order chi connectivity index (χ0) is 14.4. The molecule has 1 unspecified atom stereocenters. The van der Waals surface area contributed by atoms with E-state index in [2.05, 4.69) is 0 Å². The lowest BCUT2D eigenvalue weighted by molar-refractivity contribution is -0.137. The SMILES string of the molecule is NC(CC(=O)O)c1ccc(OCc2ccccc2)cc1. The summed E-state index contributed by atoms with van der Waals surface area (Å²) in [4.78, 5) is 10.6. The molecule has 0 amide bonds. The van der Waals surface area contributed by atoms with E-state index in [1.165, 1.54) is 0 Å². The largest absolute Gasteiger partial charge is 0.489 e. The summed E-state index contributed by atoms with van der Waals surface area (Å²) in [6.07, 6.45) is -0.0791. The van der Waals surface area contributed by atoms with Gasteiger partial charge in [-0.15, -0.1) is 0 Å². The first kappa shape index (κ1) is 14.1. The molecule has 2 aromatic carbocycles. The van der Waals surface area contributed by atoms with Crippen LogP contribution in [0.4, 0.5) is 0 Å². The Morgan fingerprint density at radius 2 is 1.75 bits per heavy atom. The molecule has 20 heavy (non-hydrogen) atoms. The molecule has 0 saturated carbocycles. The van der Waals surface area contributed by atoms with E-state index < -0.39 is 12.0 Å². The lowest BCUT2D eigenvalue weighted by atomic mass is 10.0. The smallest absolute Gasteiger partial charge is 0.305 e. The second kappa shape index (κ2) is 6.73. The number of hydrogen-bond donors (Lipinski definition) is 2. The summed E-state index contributed by atoms with van der Waals surface area (Å²) in [7, 11) is 0. The number of carbonyl (C=O) groups is 1. The first-order chi connectivity index (χ1) is 9.65. The second-order valence-corrected chi connectivity index (χ2v) is 4.55. The van der Waals surface area contributed by atoms with Crippen LogP contribution in [0.2, 0.25) is 0 Å². The Kier molecular flexibility index (Phi) is 4.74. The molecule has 2 rings (SSSR count). The zero-order valence-corrected chi connectivity index (χ0v) is 11.0. The monoisotopic (exact) mass is 271 g/mol. The normalized spacial score (nSPS) is 11.8. The molecule has 0 aliphatic rings. The van der Waals surface area contributed by atoms with Gasteiger partial charge in [-0.05, 0) is 23.3 Å². The molecule has 0 bridgehead atoms. The molecule has 0 spiro atoms. The van der Waals surface area contributed by atoms with E-state index in [0.29, 0.717) is 6.61 Å². The van der Waals surface area contributed by atoms with E-state index in [-0.39, 0.29) is 6.42 Å². The number of hydrogen-bond acceptors (Lipinski definition) is 3. The average molecular weight is 271 g/mol. The molecule has 0 fully saturated rings. The van der Waals surface area contributed by atoms with Crippen molar-refractivity contribution < 1.29 is 14.6 Å². The van der Waals surface area contributed by atoms with Crippen LogP contribution in [-0.4, -0.2) is 11.1 Å². The van der Waals surface area contributed by atoms with Crippen LogP contribution in [0.25, 0.3) is 0 Å². The molecule has 0 radical (unpaired) electrons. The number of nitrogens with two attached hydrogens (primary N) is 1. The minimum absolute atomic E-state index is 0.0791. The Hall–Kier alpha value is -2.33. The van der Waals surface area contributed by atoms with Crippen LogP contribution in [0, 0.1) is 0 Å². The number of rotatable bonds is 6. The van der Waals surface area contributed by atoms with E-state index in [0.717, 1.165) is 16.9 Å². The molecule has 4 nitrogen and oxygen atoms in total. The van der Waals surface area contributed by atoms with Gasteiger partial charge in [-0.2, -0.15) is 0 Å². The maximum atomic E-state index is 10.6. The van der Waals surface area contributed by atoms with Crippen LogP contribution < -0.4 is 10.5 Å². The molecule has 0 aromatic heterocycles. The predicted molar refractivity (Wildman–Crippen MR) is 76.4 cm³/mol. The fourth-order valence-electron chi connectivity index (χ4n) is 1.86. The van der Waals surface area contributed by atoms with Crippen molar-refractivity contribution in [3.8, 4) is 5.75 Å². The lowest BCUT2D eigenvalue weighted by Gasteiger charge is -2.11. The van der Waals surface area contributed by atoms with Gasteiger partial charge in [0.25, 0.3) is 0 Å². The minimum Gasteiger partial charge on any atom is -0.489 e. The van der Waals surface area contributed by atoms with E-state index >= 15 is 0 Å². The highest BCUT2D eigenvalue weighted by Crippen LogP contribution is 2.19. The van der Waals surface area contributed by atoms with Gasteiger partial charge in [0.2, 0.25) is 0 Å². The maximum absolute atomic E-state index is 10.6. The summed E-state index contributed by atoms with van der Waals surface area (Å²) in [5, 5.41) is 8.71. The van der Waals surface area contributed by atoms with Crippen molar-refractivity contribution in [2.75, 3.05) is 0 Å². The third-order valence-electron chi connectivity index (χ3n) is 2.95. The van der Waals surface area contributed by atoms with E-state index in [1.54, 1.807) is 24.3 Å². The van der Waals surface area contributed by atoms with Gasteiger partial charge in [-0.25, -0.2) is 0 Å². The summed E-state index contributed by atoms with van der Waals surface area (Å²) in [5.74, 6) is -0.165. The highest BCUT2D eigenvalue weighted by Gasteiger charge is 2.10. The Morgan fingerprint density at radius 1 is 1.10 bits per heavy atom. The molecule has 1 atom stereocenters. The molecule has 0 saturated heterocycles. The van der Waals surface area contributed by atoms with E-state index in [4.69, 9.17) is 15.6 Å². The van der Waals surface area contributed by atoms with Gasteiger partial charge < -0.3 is 15.6 Å². The lowest BCUT2D eigenvalue weighted by Crippen LogP contribution is -2.14. The fourth-order valence-corrected chi connectivity index (χ4v) is 1.86. The van der Waals surface area contributed by atoms with Crippen molar-refractivity contribution in [2.45, 2.75) is 19.1 Å². The second-order valence-electron chi connectivity index (χ2n) is 4.55. The van der Waals surface area contributed by atoms with Gasteiger partial charge >= 0.3 is 5.97 Å². The first-order valence-electron chi connectivity index (χ1n) is 6.39. The van der Waals surface area contributed by atoms with Crippen molar-refractivity contribution in [3.63, 3.8) is 0 Å². The van der Waals surface area contributed by atoms with E-state index in [1.807, 2.05) is 30.3 Å². The van der Waals surface area contributed by atoms with Gasteiger partial charge in [-0.3, -0.25) is 4.79 Å². The zero-order valence-electron chi connectivity index (χ0n) is 11.0. The quantitative estimate of drug-likeness (QED) is 0.847. The summed E-state index contributed by atoms with van der Waals surface area (Å²) < 4.78 is 5.65. The first-order valence-corrected chi connectivity index (χ1v) is 6.39. The standard InChI is InChI=1S/C16H17NO3/c17-15(10-16(18)19)13-6-8-14(9-7-13)20-11-12-4-2-1-3-5-12/h1-9,15H,10-11,17H2,(H,18,19). The van der Waals surface area contributed by atoms with Crippen molar-refractivity contribution in [3.05, 3.63) is 65.7 Å². The maximum Gasteiger partial charge on any atom is 0.305 e. The molecule has 104 valence electrons. The van der Waals surface area contributed by atoms with Crippen molar-refractivity contribution in [1.29, 1.82) is 0 Å².